The second-order valence-electron chi connectivity index (χ2n) is 6.71. The molecule has 3 heterocycles. The lowest BCUT2D eigenvalue weighted by Gasteiger charge is -2.12. The molecule has 0 amide bonds. The zero-order chi connectivity index (χ0) is 20.8. The fourth-order valence-corrected chi connectivity index (χ4v) is 3.51. The van der Waals surface area contributed by atoms with E-state index in [1.165, 1.54) is 13.2 Å². The number of halogens is 3. The molecule has 150 valence electrons. The number of pyridine rings is 2. The van der Waals surface area contributed by atoms with E-state index in [9.17, 15) is 18.0 Å². The summed E-state index contributed by atoms with van der Waals surface area (Å²) in [7, 11) is 1.38. The molecule has 0 aliphatic rings. The number of nitrogens with zero attached hydrogens (tertiary/aromatic N) is 3. The van der Waals surface area contributed by atoms with Gasteiger partial charge in [-0.2, -0.15) is 22.8 Å². The summed E-state index contributed by atoms with van der Waals surface area (Å²) in [6.07, 6.45) is -3.75. The average Bonchev–Trinajstić information content (AvgIpc) is 3.15. The van der Waals surface area contributed by atoms with Crippen molar-refractivity contribution in [3.8, 4) is 17.0 Å². The Hall–Kier alpha value is -3.29. The summed E-state index contributed by atoms with van der Waals surface area (Å²) >= 11 is 0. The molecule has 0 bridgehead atoms. The third-order valence-corrected chi connectivity index (χ3v) is 4.83. The largest absolute Gasteiger partial charge is 0.481 e. The van der Waals surface area contributed by atoms with E-state index in [1.807, 2.05) is 19.1 Å². The molecule has 0 saturated carbocycles. The third-order valence-electron chi connectivity index (χ3n) is 4.83. The lowest BCUT2D eigenvalue weighted by Crippen LogP contribution is -2.18. The Morgan fingerprint density at radius 1 is 1.03 bits per heavy atom. The van der Waals surface area contributed by atoms with E-state index in [4.69, 9.17) is 4.74 Å². The van der Waals surface area contributed by atoms with Gasteiger partial charge in [0.05, 0.1) is 18.1 Å². The molecule has 8 heteroatoms. The monoisotopic (exact) mass is 401 g/mol. The van der Waals surface area contributed by atoms with Gasteiger partial charge in [-0.25, -0.2) is 0 Å². The van der Waals surface area contributed by atoms with E-state index in [-0.39, 0.29) is 17.0 Å². The number of alkyl halides is 3. The van der Waals surface area contributed by atoms with Crippen LogP contribution in [0.15, 0.2) is 53.3 Å². The summed E-state index contributed by atoms with van der Waals surface area (Å²) in [5.41, 5.74) is 1.32. The molecular weight excluding hydrogens is 383 g/mol. The van der Waals surface area contributed by atoms with Gasteiger partial charge in [-0.15, -0.1) is 0 Å². The van der Waals surface area contributed by atoms with Gasteiger partial charge in [0, 0.05) is 24.2 Å². The Bertz CT molecular complexity index is 1270. The maximum absolute atomic E-state index is 13.2. The van der Waals surface area contributed by atoms with E-state index >= 15 is 0 Å². The molecule has 0 fully saturated rings. The number of aryl methyl sites for hydroxylation is 1. The van der Waals surface area contributed by atoms with Gasteiger partial charge in [0.1, 0.15) is 0 Å². The van der Waals surface area contributed by atoms with Crippen molar-refractivity contribution in [1.82, 2.24) is 14.2 Å². The molecule has 0 N–H and O–H groups in total. The third kappa shape index (κ3) is 3.24. The van der Waals surface area contributed by atoms with E-state index in [1.54, 1.807) is 28.8 Å². The standard InChI is InChI=1S/C21H18F3N3O2/c1-3-10-26-16-7-4-13(11-14(16)5-8-19(26)28)15-6-9-20(29-2)27-17(15)12-18(25-27)21(22,23)24/h4-9,11-12H,3,10H2,1-2H3. The fourth-order valence-electron chi connectivity index (χ4n) is 3.51. The normalized spacial score (nSPS) is 12.0. The SMILES string of the molecule is CCCn1c(=O)ccc2cc(-c3ccc(OC)n4nc(C(F)(F)F)cc34)ccc21. The van der Waals surface area contributed by atoms with Gasteiger partial charge in [0.15, 0.2) is 5.69 Å². The van der Waals surface area contributed by atoms with Gasteiger partial charge in [-0.1, -0.05) is 13.0 Å². The molecule has 0 aliphatic heterocycles. The molecule has 0 unspecified atom stereocenters. The number of ether oxygens (including phenoxy) is 1. The van der Waals surface area contributed by atoms with Crippen LogP contribution in [0, 0.1) is 0 Å². The lowest BCUT2D eigenvalue weighted by atomic mass is 10.0. The summed E-state index contributed by atoms with van der Waals surface area (Å²) in [5.74, 6) is 0.205. The minimum Gasteiger partial charge on any atom is -0.481 e. The molecule has 0 spiro atoms. The van der Waals surface area contributed by atoms with Crippen LogP contribution in [-0.2, 0) is 12.7 Å². The Morgan fingerprint density at radius 2 is 1.83 bits per heavy atom. The summed E-state index contributed by atoms with van der Waals surface area (Å²) in [6.45, 7) is 2.59. The maximum Gasteiger partial charge on any atom is 0.435 e. The van der Waals surface area contributed by atoms with Gasteiger partial charge < -0.3 is 9.30 Å². The van der Waals surface area contributed by atoms with Crippen molar-refractivity contribution in [2.45, 2.75) is 26.1 Å². The molecule has 0 atom stereocenters. The first-order valence-corrected chi connectivity index (χ1v) is 9.11. The predicted octanol–water partition coefficient (Wildman–Crippen LogP) is 4.75. The number of fused-ring (bicyclic) bond motifs is 2. The summed E-state index contributed by atoms with van der Waals surface area (Å²) in [5, 5.41) is 4.51. The Labute approximate surface area is 164 Å². The molecule has 0 saturated heterocycles. The van der Waals surface area contributed by atoms with Crippen LogP contribution in [0.5, 0.6) is 5.88 Å². The topological polar surface area (TPSA) is 48.5 Å². The Morgan fingerprint density at radius 3 is 2.52 bits per heavy atom. The molecule has 1 aromatic carbocycles. The number of benzene rings is 1. The molecule has 0 radical (unpaired) electrons. The number of methoxy groups -OCH3 is 1. The van der Waals surface area contributed by atoms with Crippen molar-refractivity contribution in [1.29, 1.82) is 0 Å². The number of hydrogen-bond donors (Lipinski definition) is 0. The predicted molar refractivity (Wildman–Crippen MR) is 104 cm³/mol. The minimum absolute atomic E-state index is 0.0791. The van der Waals surface area contributed by atoms with E-state index in [0.29, 0.717) is 12.1 Å². The number of hydrogen-bond acceptors (Lipinski definition) is 3. The van der Waals surface area contributed by atoms with Crippen LogP contribution in [0.2, 0.25) is 0 Å². The van der Waals surface area contributed by atoms with Crippen LogP contribution in [0.25, 0.3) is 27.5 Å². The highest BCUT2D eigenvalue weighted by Gasteiger charge is 2.34. The summed E-state index contributed by atoms with van der Waals surface area (Å²) < 4.78 is 47.6. The second kappa shape index (κ2) is 6.95. The van der Waals surface area contributed by atoms with Crippen LogP contribution < -0.4 is 10.3 Å². The molecule has 5 nitrogen and oxygen atoms in total. The quantitative estimate of drug-likeness (QED) is 0.496. The van der Waals surface area contributed by atoms with Gasteiger partial charge in [-0.05, 0) is 47.7 Å². The van der Waals surface area contributed by atoms with Crippen LogP contribution in [0.1, 0.15) is 19.0 Å². The van der Waals surface area contributed by atoms with Crippen molar-refractivity contribution >= 4 is 16.4 Å². The zero-order valence-electron chi connectivity index (χ0n) is 15.8. The summed E-state index contributed by atoms with van der Waals surface area (Å²) in [4.78, 5) is 12.2. The average molecular weight is 401 g/mol. The number of aromatic nitrogens is 3. The van der Waals surface area contributed by atoms with Crippen LogP contribution in [0.3, 0.4) is 0 Å². The van der Waals surface area contributed by atoms with Crippen molar-refractivity contribution in [2.75, 3.05) is 7.11 Å². The number of rotatable bonds is 4. The molecule has 29 heavy (non-hydrogen) atoms. The van der Waals surface area contributed by atoms with Crippen LogP contribution in [0.4, 0.5) is 13.2 Å². The van der Waals surface area contributed by atoms with Crippen LogP contribution >= 0.6 is 0 Å². The van der Waals surface area contributed by atoms with Crippen molar-refractivity contribution in [3.63, 3.8) is 0 Å². The van der Waals surface area contributed by atoms with Crippen molar-refractivity contribution in [2.24, 2.45) is 0 Å². The van der Waals surface area contributed by atoms with Crippen molar-refractivity contribution < 1.29 is 17.9 Å². The highest BCUT2D eigenvalue weighted by molar-refractivity contribution is 5.89. The van der Waals surface area contributed by atoms with Gasteiger partial charge in [0.2, 0.25) is 5.88 Å². The van der Waals surface area contributed by atoms with Crippen LogP contribution in [-0.4, -0.2) is 21.3 Å². The molecule has 0 aliphatic carbocycles. The zero-order valence-corrected chi connectivity index (χ0v) is 15.8. The first-order valence-electron chi connectivity index (χ1n) is 9.11. The second-order valence-corrected chi connectivity index (χ2v) is 6.71. The molecule has 3 aromatic heterocycles. The smallest absolute Gasteiger partial charge is 0.435 e. The first kappa shape index (κ1) is 19.0. The highest BCUT2D eigenvalue weighted by Crippen LogP contribution is 2.35. The molecule has 4 rings (SSSR count). The van der Waals surface area contributed by atoms with Gasteiger partial charge in [0.25, 0.3) is 5.56 Å². The minimum atomic E-state index is -4.56. The van der Waals surface area contributed by atoms with E-state index in [2.05, 4.69) is 5.10 Å². The highest BCUT2D eigenvalue weighted by atomic mass is 19.4. The Balaban J connectivity index is 1.94. The Kier molecular flexibility index (Phi) is 4.56. The first-order chi connectivity index (χ1) is 13.8. The van der Waals surface area contributed by atoms with Crippen molar-refractivity contribution in [3.05, 3.63) is 64.6 Å². The maximum atomic E-state index is 13.2. The van der Waals surface area contributed by atoms with E-state index < -0.39 is 11.9 Å². The summed E-state index contributed by atoms with van der Waals surface area (Å²) in [6, 6.07) is 13.0. The lowest BCUT2D eigenvalue weighted by molar-refractivity contribution is -0.141. The van der Waals surface area contributed by atoms with Gasteiger partial charge in [-0.3, -0.25) is 4.79 Å². The van der Waals surface area contributed by atoms with Gasteiger partial charge >= 0.3 is 6.18 Å². The fraction of sp³-hybridized carbons (Fsp3) is 0.238. The van der Waals surface area contributed by atoms with E-state index in [0.717, 1.165) is 33.5 Å². The molecule has 4 aromatic rings. The molecular formula is C21H18F3N3O2.